The first-order valence-corrected chi connectivity index (χ1v) is 11.9. The third kappa shape index (κ3) is 4.58. The second-order valence-corrected chi connectivity index (χ2v) is 9.57. The zero-order valence-corrected chi connectivity index (χ0v) is 17.8. The standard InChI is InChI=1S/C21H32N2O4S/c1-3-17-5-7-20(8-6-17)28(25,26)22-13-9-18(10-14-22)23(21(24)4-2)19-11-15-27-16-12-19/h5-8,18-19H,3-4,9-16H2,1-2H3. The monoisotopic (exact) mass is 408 g/mol. The van der Waals surface area contributed by atoms with Gasteiger partial charge in [0.15, 0.2) is 0 Å². The molecule has 2 fully saturated rings. The molecular formula is C21H32N2O4S. The maximum Gasteiger partial charge on any atom is 0.243 e. The van der Waals surface area contributed by atoms with Gasteiger partial charge in [-0.1, -0.05) is 26.0 Å². The second kappa shape index (κ2) is 9.37. The van der Waals surface area contributed by atoms with Gasteiger partial charge in [0, 0.05) is 44.8 Å². The molecule has 3 rings (SSSR count). The van der Waals surface area contributed by atoms with Gasteiger partial charge < -0.3 is 9.64 Å². The van der Waals surface area contributed by atoms with E-state index in [1.807, 2.05) is 24.0 Å². The Morgan fingerprint density at radius 3 is 2.14 bits per heavy atom. The van der Waals surface area contributed by atoms with E-state index in [1.54, 1.807) is 16.4 Å². The third-order valence-corrected chi connectivity index (χ3v) is 7.87. The van der Waals surface area contributed by atoms with E-state index in [-0.39, 0.29) is 18.0 Å². The first-order chi connectivity index (χ1) is 13.5. The summed E-state index contributed by atoms with van der Waals surface area (Å²) >= 11 is 0. The van der Waals surface area contributed by atoms with Gasteiger partial charge in [0.05, 0.1) is 4.90 Å². The van der Waals surface area contributed by atoms with Crippen molar-refractivity contribution in [1.29, 1.82) is 0 Å². The van der Waals surface area contributed by atoms with Crippen LogP contribution in [0.25, 0.3) is 0 Å². The van der Waals surface area contributed by atoms with E-state index in [0.717, 1.165) is 24.8 Å². The van der Waals surface area contributed by atoms with Crippen LogP contribution in [0.2, 0.25) is 0 Å². The lowest BCUT2D eigenvalue weighted by Gasteiger charge is -2.43. The van der Waals surface area contributed by atoms with Gasteiger partial charge in [-0.15, -0.1) is 0 Å². The number of hydrogen-bond donors (Lipinski definition) is 0. The van der Waals surface area contributed by atoms with Crippen LogP contribution in [-0.4, -0.2) is 61.9 Å². The fraction of sp³-hybridized carbons (Fsp3) is 0.667. The maximum atomic E-state index is 13.0. The van der Waals surface area contributed by atoms with Gasteiger partial charge in [0.25, 0.3) is 0 Å². The molecule has 6 nitrogen and oxygen atoms in total. The molecule has 0 radical (unpaired) electrons. The van der Waals surface area contributed by atoms with Gasteiger partial charge in [-0.05, 0) is 49.8 Å². The molecule has 1 amide bonds. The Kier molecular flexibility index (Phi) is 7.12. The van der Waals surface area contributed by atoms with Gasteiger partial charge in [-0.2, -0.15) is 4.31 Å². The SMILES string of the molecule is CCC(=O)N(C1CCOCC1)C1CCN(S(=O)(=O)c2ccc(CC)cc2)CC1. The minimum atomic E-state index is -3.48. The van der Waals surface area contributed by atoms with Crippen molar-refractivity contribution in [3.05, 3.63) is 29.8 Å². The first kappa shape index (κ1) is 21.3. The topological polar surface area (TPSA) is 66.9 Å². The summed E-state index contributed by atoms with van der Waals surface area (Å²) in [6, 6.07) is 7.50. The summed E-state index contributed by atoms with van der Waals surface area (Å²) in [7, 11) is -3.48. The van der Waals surface area contributed by atoms with Crippen molar-refractivity contribution < 1.29 is 17.9 Å². The maximum absolute atomic E-state index is 13.0. The smallest absolute Gasteiger partial charge is 0.243 e. The van der Waals surface area contributed by atoms with Crippen LogP contribution >= 0.6 is 0 Å². The predicted octanol–water partition coefficient (Wildman–Crippen LogP) is 2.82. The summed E-state index contributed by atoms with van der Waals surface area (Å²) in [5.41, 5.74) is 1.13. The number of nitrogens with zero attached hydrogens (tertiary/aromatic N) is 2. The summed E-state index contributed by atoms with van der Waals surface area (Å²) in [6.07, 6.45) is 4.49. The Hall–Kier alpha value is -1.44. The number of hydrogen-bond acceptors (Lipinski definition) is 4. The van der Waals surface area contributed by atoms with Crippen molar-refractivity contribution in [2.45, 2.75) is 69.4 Å². The molecule has 0 bridgehead atoms. The van der Waals surface area contributed by atoms with Crippen LogP contribution < -0.4 is 0 Å². The quantitative estimate of drug-likeness (QED) is 0.726. The zero-order valence-electron chi connectivity index (χ0n) is 17.0. The molecule has 0 aromatic heterocycles. The lowest BCUT2D eigenvalue weighted by Crippen LogP contribution is -2.53. The average molecular weight is 409 g/mol. The van der Waals surface area contributed by atoms with Crippen molar-refractivity contribution in [3.8, 4) is 0 Å². The molecular weight excluding hydrogens is 376 g/mol. The zero-order chi connectivity index (χ0) is 20.1. The number of piperidine rings is 1. The van der Waals surface area contributed by atoms with E-state index in [9.17, 15) is 13.2 Å². The highest BCUT2D eigenvalue weighted by Crippen LogP contribution is 2.27. The highest BCUT2D eigenvalue weighted by Gasteiger charge is 2.36. The summed E-state index contributed by atoms with van der Waals surface area (Å²) in [5, 5.41) is 0. The van der Waals surface area contributed by atoms with Crippen molar-refractivity contribution >= 4 is 15.9 Å². The minimum absolute atomic E-state index is 0.115. The van der Waals surface area contributed by atoms with E-state index in [4.69, 9.17) is 4.74 Å². The van der Waals surface area contributed by atoms with E-state index < -0.39 is 10.0 Å². The number of carbonyl (C=O) groups excluding carboxylic acids is 1. The summed E-state index contributed by atoms with van der Waals surface area (Å²) in [5.74, 6) is 0.170. The number of ether oxygens (including phenoxy) is 1. The van der Waals surface area contributed by atoms with Crippen LogP contribution in [0.3, 0.4) is 0 Å². The van der Waals surface area contributed by atoms with Crippen LogP contribution in [0.5, 0.6) is 0 Å². The van der Waals surface area contributed by atoms with Crippen LogP contribution in [0.15, 0.2) is 29.2 Å². The molecule has 1 aromatic rings. The predicted molar refractivity (Wildman–Crippen MR) is 109 cm³/mol. The van der Waals surface area contributed by atoms with Crippen molar-refractivity contribution in [2.24, 2.45) is 0 Å². The molecule has 0 atom stereocenters. The Morgan fingerprint density at radius 1 is 1.04 bits per heavy atom. The van der Waals surface area contributed by atoms with Crippen LogP contribution in [-0.2, 0) is 26.0 Å². The molecule has 1 aromatic carbocycles. The molecule has 0 N–H and O–H groups in total. The molecule has 0 aliphatic carbocycles. The lowest BCUT2D eigenvalue weighted by atomic mass is 9.98. The largest absolute Gasteiger partial charge is 0.381 e. The van der Waals surface area contributed by atoms with Crippen LogP contribution in [0, 0.1) is 0 Å². The first-order valence-electron chi connectivity index (χ1n) is 10.4. The van der Waals surface area contributed by atoms with Crippen molar-refractivity contribution in [2.75, 3.05) is 26.3 Å². The number of amides is 1. The van der Waals surface area contributed by atoms with E-state index >= 15 is 0 Å². The molecule has 7 heteroatoms. The van der Waals surface area contributed by atoms with Gasteiger partial charge in [0.1, 0.15) is 0 Å². The van der Waals surface area contributed by atoms with Crippen molar-refractivity contribution in [1.82, 2.24) is 9.21 Å². The fourth-order valence-electron chi connectivity index (χ4n) is 4.26. The van der Waals surface area contributed by atoms with Crippen molar-refractivity contribution in [3.63, 3.8) is 0 Å². The summed E-state index contributed by atoms with van der Waals surface area (Å²) in [6.45, 7) is 6.25. The summed E-state index contributed by atoms with van der Waals surface area (Å²) in [4.78, 5) is 15.0. The minimum Gasteiger partial charge on any atom is -0.381 e. The average Bonchev–Trinajstić information content (AvgIpc) is 2.75. The number of benzene rings is 1. The molecule has 156 valence electrons. The van der Waals surface area contributed by atoms with Crippen LogP contribution in [0.4, 0.5) is 0 Å². The fourth-order valence-corrected chi connectivity index (χ4v) is 5.73. The molecule has 28 heavy (non-hydrogen) atoms. The van der Waals surface area contributed by atoms with Gasteiger partial charge in [-0.3, -0.25) is 4.79 Å². The number of carbonyl (C=O) groups is 1. The van der Waals surface area contributed by atoms with Gasteiger partial charge >= 0.3 is 0 Å². The number of aryl methyl sites for hydroxylation is 1. The van der Waals surface area contributed by atoms with Gasteiger partial charge in [-0.25, -0.2) is 8.42 Å². The van der Waals surface area contributed by atoms with E-state index in [0.29, 0.717) is 50.5 Å². The summed E-state index contributed by atoms with van der Waals surface area (Å²) < 4.78 is 33.0. The van der Waals surface area contributed by atoms with Gasteiger partial charge in [0.2, 0.25) is 15.9 Å². The second-order valence-electron chi connectivity index (χ2n) is 7.63. The Bertz CT molecular complexity index is 749. The lowest BCUT2D eigenvalue weighted by molar-refractivity contribution is -0.139. The molecule has 2 saturated heterocycles. The number of sulfonamides is 1. The third-order valence-electron chi connectivity index (χ3n) is 5.96. The van der Waals surface area contributed by atoms with E-state index in [1.165, 1.54) is 0 Å². The molecule has 2 aliphatic heterocycles. The molecule has 2 heterocycles. The Balaban J connectivity index is 1.68. The molecule has 2 aliphatic rings. The Labute approximate surface area is 168 Å². The normalized spacial score (nSPS) is 20.2. The highest BCUT2D eigenvalue weighted by molar-refractivity contribution is 7.89. The molecule has 0 spiro atoms. The molecule has 0 saturated carbocycles. The number of rotatable bonds is 6. The molecule has 0 unspecified atom stereocenters. The van der Waals surface area contributed by atoms with E-state index in [2.05, 4.69) is 6.92 Å². The highest BCUT2D eigenvalue weighted by atomic mass is 32.2. The Morgan fingerprint density at radius 2 is 1.61 bits per heavy atom. The van der Waals surface area contributed by atoms with Crippen LogP contribution in [0.1, 0.15) is 51.5 Å².